The van der Waals surface area contributed by atoms with E-state index in [1.54, 1.807) is 6.92 Å². The van der Waals surface area contributed by atoms with Gasteiger partial charge in [0.2, 0.25) is 11.8 Å². The smallest absolute Gasteiger partial charge is 0.339 e. The van der Waals surface area contributed by atoms with Gasteiger partial charge in [-0.05, 0) is 44.0 Å². The molecule has 2 aromatic rings. The Kier molecular flexibility index (Phi) is 8.08. The standard InChI is InChI=1S/C24H24F5N3O3/c1-2-31(14-21(33)30-20-6-4-3-5-18(20)24(27,28)29)22(34)15-9-11-32(12-10-15)23(35)17-8-7-16(25)13-19(17)26/h3-8,13,15H,2,9-12,14H2,1H3,(H,30,33). The van der Waals surface area contributed by atoms with Gasteiger partial charge in [0.1, 0.15) is 11.6 Å². The monoisotopic (exact) mass is 497 g/mol. The van der Waals surface area contributed by atoms with Crippen molar-refractivity contribution >= 4 is 23.4 Å². The van der Waals surface area contributed by atoms with E-state index in [0.29, 0.717) is 6.07 Å². The molecule has 1 heterocycles. The van der Waals surface area contributed by atoms with Crippen molar-refractivity contribution < 1.29 is 36.3 Å². The number of halogens is 5. The predicted octanol–water partition coefficient (Wildman–Crippen LogP) is 4.32. The Morgan fingerprint density at radius 1 is 1.06 bits per heavy atom. The van der Waals surface area contributed by atoms with Crippen LogP contribution in [0.5, 0.6) is 0 Å². The van der Waals surface area contributed by atoms with Gasteiger partial charge in [0.05, 0.1) is 23.4 Å². The number of nitrogens with one attached hydrogen (secondary N) is 1. The van der Waals surface area contributed by atoms with Gasteiger partial charge >= 0.3 is 6.18 Å². The highest BCUT2D eigenvalue weighted by molar-refractivity contribution is 5.96. The van der Waals surface area contributed by atoms with Gasteiger partial charge in [-0.2, -0.15) is 13.2 Å². The Morgan fingerprint density at radius 3 is 2.31 bits per heavy atom. The van der Waals surface area contributed by atoms with Crippen molar-refractivity contribution in [1.29, 1.82) is 0 Å². The van der Waals surface area contributed by atoms with E-state index in [4.69, 9.17) is 0 Å². The quantitative estimate of drug-likeness (QED) is 0.605. The fraction of sp³-hybridized carbons (Fsp3) is 0.375. The van der Waals surface area contributed by atoms with Crippen LogP contribution in [-0.2, 0) is 15.8 Å². The lowest BCUT2D eigenvalue weighted by Gasteiger charge is -2.34. The van der Waals surface area contributed by atoms with Crippen LogP contribution in [0.25, 0.3) is 0 Å². The average Bonchev–Trinajstić information content (AvgIpc) is 2.81. The molecule has 188 valence electrons. The summed E-state index contributed by atoms with van der Waals surface area (Å²) in [5, 5.41) is 2.22. The largest absolute Gasteiger partial charge is 0.418 e. The number of carbonyl (C=O) groups excluding carboxylic acids is 3. The average molecular weight is 497 g/mol. The van der Waals surface area contributed by atoms with Crippen LogP contribution in [0.3, 0.4) is 0 Å². The molecule has 0 atom stereocenters. The van der Waals surface area contributed by atoms with E-state index in [1.807, 2.05) is 0 Å². The van der Waals surface area contributed by atoms with Gasteiger partial charge in [-0.1, -0.05) is 12.1 Å². The molecule has 35 heavy (non-hydrogen) atoms. The summed E-state index contributed by atoms with van der Waals surface area (Å²) < 4.78 is 66.5. The van der Waals surface area contributed by atoms with E-state index in [1.165, 1.54) is 21.9 Å². The molecule has 2 aromatic carbocycles. The summed E-state index contributed by atoms with van der Waals surface area (Å²) in [5.74, 6) is -4.00. The van der Waals surface area contributed by atoms with E-state index in [9.17, 15) is 36.3 Å². The molecule has 1 N–H and O–H groups in total. The number of hydrogen-bond acceptors (Lipinski definition) is 3. The number of anilines is 1. The minimum absolute atomic E-state index is 0.160. The van der Waals surface area contributed by atoms with Crippen molar-refractivity contribution in [2.24, 2.45) is 5.92 Å². The molecule has 0 aliphatic carbocycles. The van der Waals surface area contributed by atoms with Gasteiger partial charge in [-0.3, -0.25) is 14.4 Å². The predicted molar refractivity (Wildman–Crippen MR) is 117 cm³/mol. The molecular formula is C24H24F5N3O3. The van der Waals surface area contributed by atoms with Crippen molar-refractivity contribution in [1.82, 2.24) is 9.80 Å². The molecule has 6 nitrogen and oxygen atoms in total. The first-order valence-corrected chi connectivity index (χ1v) is 11.0. The molecule has 11 heteroatoms. The van der Waals surface area contributed by atoms with Gasteiger partial charge in [0.15, 0.2) is 0 Å². The van der Waals surface area contributed by atoms with Gasteiger partial charge in [0.25, 0.3) is 5.91 Å². The number of carbonyl (C=O) groups is 3. The summed E-state index contributed by atoms with van der Waals surface area (Å²) in [5.41, 5.74) is -1.65. The van der Waals surface area contributed by atoms with Crippen LogP contribution in [-0.4, -0.2) is 53.7 Å². The minimum atomic E-state index is -4.65. The number of likely N-dealkylation sites (tertiary alicyclic amines) is 1. The number of amides is 3. The molecule has 1 aliphatic heterocycles. The highest BCUT2D eigenvalue weighted by Gasteiger charge is 2.34. The maximum absolute atomic E-state index is 13.9. The molecule has 3 amide bonds. The molecule has 0 bridgehead atoms. The summed E-state index contributed by atoms with van der Waals surface area (Å²) in [4.78, 5) is 40.5. The topological polar surface area (TPSA) is 69.7 Å². The highest BCUT2D eigenvalue weighted by Crippen LogP contribution is 2.34. The third-order valence-corrected chi connectivity index (χ3v) is 5.83. The fourth-order valence-corrected chi connectivity index (χ4v) is 3.97. The third kappa shape index (κ3) is 6.34. The zero-order valence-corrected chi connectivity index (χ0v) is 18.9. The summed E-state index contributed by atoms with van der Waals surface area (Å²) in [6.45, 7) is 1.70. The van der Waals surface area contributed by atoms with Crippen molar-refractivity contribution in [3.05, 3.63) is 65.2 Å². The van der Waals surface area contributed by atoms with E-state index in [0.717, 1.165) is 24.3 Å². The number of para-hydroxylation sites is 1. The molecule has 3 rings (SSSR count). The Morgan fingerprint density at radius 2 is 1.71 bits per heavy atom. The first kappa shape index (κ1) is 26.1. The molecule has 1 aliphatic rings. The summed E-state index contributed by atoms with van der Waals surface area (Å²) >= 11 is 0. The second kappa shape index (κ2) is 10.8. The van der Waals surface area contributed by atoms with Gasteiger partial charge in [-0.15, -0.1) is 0 Å². The summed E-state index contributed by atoms with van der Waals surface area (Å²) in [6, 6.07) is 7.24. The van der Waals surface area contributed by atoms with Crippen LogP contribution in [0.2, 0.25) is 0 Å². The van der Waals surface area contributed by atoms with Crippen molar-refractivity contribution in [2.75, 3.05) is 31.5 Å². The van der Waals surface area contributed by atoms with Crippen LogP contribution in [0.4, 0.5) is 27.6 Å². The lowest BCUT2D eigenvalue weighted by molar-refractivity contribution is -0.139. The number of benzene rings is 2. The first-order chi connectivity index (χ1) is 16.5. The summed E-state index contributed by atoms with van der Waals surface area (Å²) in [6.07, 6.45) is -4.11. The lowest BCUT2D eigenvalue weighted by atomic mass is 9.94. The molecule has 1 fully saturated rings. The molecule has 0 saturated carbocycles. The number of nitrogens with zero attached hydrogens (tertiary/aromatic N) is 2. The Hall–Kier alpha value is -3.50. The second-order valence-electron chi connectivity index (χ2n) is 8.13. The van der Waals surface area contributed by atoms with E-state index < -0.39 is 53.3 Å². The molecule has 0 radical (unpaired) electrons. The Balaban J connectivity index is 1.58. The molecule has 0 aromatic heterocycles. The van der Waals surface area contributed by atoms with E-state index in [2.05, 4.69) is 5.32 Å². The zero-order chi connectivity index (χ0) is 25.8. The maximum atomic E-state index is 13.9. The minimum Gasteiger partial charge on any atom is -0.339 e. The number of piperidine rings is 1. The highest BCUT2D eigenvalue weighted by atomic mass is 19.4. The molecule has 1 saturated heterocycles. The maximum Gasteiger partial charge on any atom is 0.418 e. The number of alkyl halides is 3. The van der Waals surface area contributed by atoms with Gasteiger partial charge in [0, 0.05) is 31.6 Å². The van der Waals surface area contributed by atoms with Gasteiger partial charge in [-0.25, -0.2) is 8.78 Å². The van der Waals surface area contributed by atoms with Crippen molar-refractivity contribution in [3.63, 3.8) is 0 Å². The number of likely N-dealkylation sites (N-methyl/N-ethyl adjacent to an activating group) is 1. The second-order valence-corrected chi connectivity index (χ2v) is 8.13. The number of hydrogen-bond donors (Lipinski definition) is 1. The van der Waals surface area contributed by atoms with Gasteiger partial charge < -0.3 is 15.1 Å². The van der Waals surface area contributed by atoms with E-state index >= 15 is 0 Å². The SMILES string of the molecule is CCN(CC(=O)Nc1ccccc1C(F)(F)F)C(=O)C1CCN(C(=O)c2ccc(F)cc2F)CC1. The number of rotatable bonds is 6. The van der Waals surface area contributed by atoms with Crippen molar-refractivity contribution in [3.8, 4) is 0 Å². The Bertz CT molecular complexity index is 1100. The molecular weight excluding hydrogens is 473 g/mol. The fourth-order valence-electron chi connectivity index (χ4n) is 3.97. The molecule has 0 unspecified atom stereocenters. The molecule has 0 spiro atoms. The zero-order valence-electron chi connectivity index (χ0n) is 18.9. The van der Waals surface area contributed by atoms with Crippen LogP contribution in [0.15, 0.2) is 42.5 Å². The summed E-state index contributed by atoms with van der Waals surface area (Å²) in [7, 11) is 0. The van der Waals surface area contributed by atoms with Crippen LogP contribution < -0.4 is 5.32 Å². The van der Waals surface area contributed by atoms with Crippen LogP contribution in [0.1, 0.15) is 35.7 Å². The van der Waals surface area contributed by atoms with Crippen LogP contribution >= 0.6 is 0 Å². The van der Waals surface area contributed by atoms with Crippen molar-refractivity contribution in [2.45, 2.75) is 25.9 Å². The lowest BCUT2D eigenvalue weighted by Crippen LogP contribution is -2.46. The van der Waals surface area contributed by atoms with Crippen LogP contribution in [0, 0.1) is 17.6 Å². The normalized spacial score (nSPS) is 14.5. The first-order valence-electron chi connectivity index (χ1n) is 11.0. The third-order valence-electron chi connectivity index (χ3n) is 5.83. The Labute approximate surface area is 198 Å². The van der Waals surface area contributed by atoms with E-state index in [-0.39, 0.29) is 43.9 Å².